The molecule has 1 aliphatic carbocycles. The molecule has 1 saturated heterocycles. The molecule has 0 radical (unpaired) electrons. The lowest BCUT2D eigenvalue weighted by atomic mass is 10.1. The SMILES string of the molecule is Cc1cc(N2CC3CCC2C3)ccc1CBr. The molecule has 3 rings (SSSR count). The molecule has 1 nitrogen and oxygen atoms in total. The van der Waals surface area contributed by atoms with Crippen molar-refractivity contribution in [3.05, 3.63) is 29.3 Å². The maximum atomic E-state index is 3.54. The van der Waals surface area contributed by atoms with Gasteiger partial charge in [0.1, 0.15) is 0 Å². The lowest BCUT2D eigenvalue weighted by Crippen LogP contribution is -2.31. The van der Waals surface area contributed by atoms with Gasteiger partial charge in [-0.05, 0) is 55.4 Å². The minimum atomic E-state index is 0.833. The Bertz CT molecular complexity index is 402. The summed E-state index contributed by atoms with van der Waals surface area (Å²) in [5.41, 5.74) is 4.26. The minimum absolute atomic E-state index is 0.833. The van der Waals surface area contributed by atoms with Crippen LogP contribution in [0.5, 0.6) is 0 Å². The molecule has 0 N–H and O–H groups in total. The minimum Gasteiger partial charge on any atom is -0.368 e. The molecule has 2 fully saturated rings. The number of halogens is 1. The summed E-state index contributed by atoms with van der Waals surface area (Å²) in [6.45, 7) is 3.51. The first-order valence-corrected chi connectivity index (χ1v) is 7.32. The monoisotopic (exact) mass is 279 g/mol. The summed E-state index contributed by atoms with van der Waals surface area (Å²) in [5, 5.41) is 0.963. The molecule has 86 valence electrons. The fourth-order valence-corrected chi connectivity index (χ4v) is 3.88. The second-order valence-electron chi connectivity index (χ2n) is 5.23. The van der Waals surface area contributed by atoms with E-state index >= 15 is 0 Å². The van der Waals surface area contributed by atoms with Crippen molar-refractivity contribution < 1.29 is 0 Å². The zero-order valence-corrected chi connectivity index (χ0v) is 11.3. The molecule has 0 amide bonds. The van der Waals surface area contributed by atoms with E-state index in [9.17, 15) is 0 Å². The van der Waals surface area contributed by atoms with Gasteiger partial charge in [0.25, 0.3) is 0 Å². The Balaban J connectivity index is 1.87. The van der Waals surface area contributed by atoms with E-state index in [1.807, 2.05) is 0 Å². The van der Waals surface area contributed by atoms with Crippen LogP contribution in [-0.2, 0) is 5.33 Å². The molecular weight excluding hydrogens is 262 g/mol. The van der Waals surface area contributed by atoms with Gasteiger partial charge in [-0.25, -0.2) is 0 Å². The third kappa shape index (κ3) is 1.67. The van der Waals surface area contributed by atoms with Crippen molar-refractivity contribution in [2.75, 3.05) is 11.4 Å². The Morgan fingerprint density at radius 1 is 1.38 bits per heavy atom. The lowest BCUT2D eigenvalue weighted by molar-refractivity contribution is 0.553. The third-order valence-corrected chi connectivity index (χ3v) is 4.82. The first-order valence-electron chi connectivity index (χ1n) is 6.20. The van der Waals surface area contributed by atoms with Crippen LogP contribution in [0.3, 0.4) is 0 Å². The fourth-order valence-electron chi connectivity index (χ4n) is 3.25. The maximum absolute atomic E-state index is 3.54. The Labute approximate surface area is 106 Å². The average molecular weight is 280 g/mol. The van der Waals surface area contributed by atoms with Gasteiger partial charge < -0.3 is 4.90 Å². The van der Waals surface area contributed by atoms with Crippen molar-refractivity contribution in [1.29, 1.82) is 0 Å². The number of nitrogens with zero attached hydrogens (tertiary/aromatic N) is 1. The Kier molecular flexibility index (Phi) is 2.70. The van der Waals surface area contributed by atoms with Crippen LogP contribution in [0.25, 0.3) is 0 Å². The zero-order valence-electron chi connectivity index (χ0n) is 9.75. The van der Waals surface area contributed by atoms with Crippen molar-refractivity contribution in [3.8, 4) is 0 Å². The summed E-state index contributed by atoms with van der Waals surface area (Å²) in [6, 6.07) is 7.76. The number of aryl methyl sites for hydroxylation is 1. The topological polar surface area (TPSA) is 3.24 Å². The largest absolute Gasteiger partial charge is 0.368 e. The van der Waals surface area contributed by atoms with Gasteiger partial charge in [0.05, 0.1) is 0 Å². The molecule has 1 heterocycles. The van der Waals surface area contributed by atoms with Crippen molar-refractivity contribution in [2.24, 2.45) is 5.92 Å². The molecule has 1 saturated carbocycles. The van der Waals surface area contributed by atoms with E-state index in [1.165, 1.54) is 42.6 Å². The number of hydrogen-bond acceptors (Lipinski definition) is 1. The van der Waals surface area contributed by atoms with Crippen LogP contribution < -0.4 is 4.90 Å². The zero-order chi connectivity index (χ0) is 11.1. The van der Waals surface area contributed by atoms with Gasteiger partial charge >= 0.3 is 0 Å². The van der Waals surface area contributed by atoms with Gasteiger partial charge in [-0.3, -0.25) is 0 Å². The molecular formula is C14H18BrN. The Morgan fingerprint density at radius 2 is 2.25 bits per heavy atom. The lowest BCUT2D eigenvalue weighted by Gasteiger charge is -2.29. The highest BCUT2D eigenvalue weighted by Gasteiger charge is 2.37. The van der Waals surface area contributed by atoms with Gasteiger partial charge in [-0.2, -0.15) is 0 Å². The molecule has 1 aliphatic heterocycles. The summed E-state index contributed by atoms with van der Waals surface area (Å²) in [6.07, 6.45) is 4.29. The highest BCUT2D eigenvalue weighted by atomic mass is 79.9. The molecule has 16 heavy (non-hydrogen) atoms. The quantitative estimate of drug-likeness (QED) is 0.743. The molecule has 1 aromatic carbocycles. The van der Waals surface area contributed by atoms with E-state index in [1.54, 1.807) is 0 Å². The van der Waals surface area contributed by atoms with Crippen molar-refractivity contribution in [1.82, 2.24) is 0 Å². The smallest absolute Gasteiger partial charge is 0.0371 e. The maximum Gasteiger partial charge on any atom is 0.0371 e. The molecule has 2 unspecified atom stereocenters. The molecule has 2 bridgehead atoms. The van der Waals surface area contributed by atoms with Crippen LogP contribution in [0.1, 0.15) is 30.4 Å². The number of rotatable bonds is 2. The number of alkyl halides is 1. The van der Waals surface area contributed by atoms with Crippen LogP contribution in [0.4, 0.5) is 5.69 Å². The van der Waals surface area contributed by atoms with Gasteiger partial charge in [-0.15, -0.1) is 0 Å². The normalized spacial score (nSPS) is 27.8. The predicted molar refractivity (Wildman–Crippen MR) is 72.3 cm³/mol. The first kappa shape index (κ1) is 10.6. The van der Waals surface area contributed by atoms with Crippen molar-refractivity contribution >= 4 is 21.6 Å². The van der Waals surface area contributed by atoms with E-state index in [4.69, 9.17) is 0 Å². The molecule has 2 heteroatoms. The summed E-state index contributed by atoms with van der Waals surface area (Å²) >= 11 is 3.54. The molecule has 1 aromatic rings. The van der Waals surface area contributed by atoms with Gasteiger partial charge in [-0.1, -0.05) is 22.0 Å². The van der Waals surface area contributed by atoms with Crippen LogP contribution in [-0.4, -0.2) is 12.6 Å². The summed E-state index contributed by atoms with van der Waals surface area (Å²) in [4.78, 5) is 2.62. The second kappa shape index (κ2) is 4.06. The number of piperidine rings is 1. The summed E-state index contributed by atoms with van der Waals surface area (Å²) in [5.74, 6) is 0.973. The number of benzene rings is 1. The van der Waals surface area contributed by atoms with E-state index in [0.717, 1.165) is 17.3 Å². The highest BCUT2D eigenvalue weighted by molar-refractivity contribution is 9.08. The van der Waals surface area contributed by atoms with Crippen molar-refractivity contribution in [2.45, 2.75) is 37.6 Å². The predicted octanol–water partition coefficient (Wildman–Crippen LogP) is 3.88. The number of hydrogen-bond donors (Lipinski definition) is 0. The van der Waals surface area contributed by atoms with E-state index in [-0.39, 0.29) is 0 Å². The number of anilines is 1. The summed E-state index contributed by atoms with van der Waals surface area (Å²) < 4.78 is 0. The summed E-state index contributed by atoms with van der Waals surface area (Å²) in [7, 11) is 0. The second-order valence-corrected chi connectivity index (χ2v) is 5.79. The van der Waals surface area contributed by atoms with Gasteiger partial charge in [0, 0.05) is 23.6 Å². The molecule has 2 atom stereocenters. The standard InChI is InChI=1S/C14H18BrN/c1-10-6-13(5-3-12(10)8-15)16-9-11-2-4-14(16)7-11/h3,5-6,11,14H,2,4,7-9H2,1H3. The molecule has 0 aromatic heterocycles. The van der Waals surface area contributed by atoms with Crippen molar-refractivity contribution in [3.63, 3.8) is 0 Å². The van der Waals surface area contributed by atoms with Crippen LogP contribution in [0, 0.1) is 12.8 Å². The molecule has 2 aliphatic rings. The Hall–Kier alpha value is -0.500. The first-order chi connectivity index (χ1) is 7.78. The van der Waals surface area contributed by atoms with E-state index < -0.39 is 0 Å². The van der Waals surface area contributed by atoms with Crippen LogP contribution in [0.2, 0.25) is 0 Å². The van der Waals surface area contributed by atoms with Gasteiger partial charge in [0.15, 0.2) is 0 Å². The van der Waals surface area contributed by atoms with Crippen LogP contribution >= 0.6 is 15.9 Å². The van der Waals surface area contributed by atoms with E-state index in [0.29, 0.717) is 0 Å². The van der Waals surface area contributed by atoms with E-state index in [2.05, 4.69) is 46.0 Å². The fraction of sp³-hybridized carbons (Fsp3) is 0.571. The third-order valence-electron chi connectivity index (χ3n) is 4.21. The van der Waals surface area contributed by atoms with Gasteiger partial charge in [0.2, 0.25) is 0 Å². The van der Waals surface area contributed by atoms with Crippen LogP contribution in [0.15, 0.2) is 18.2 Å². The number of fused-ring (bicyclic) bond motifs is 2. The highest BCUT2D eigenvalue weighted by Crippen LogP contribution is 2.40. The average Bonchev–Trinajstić information content (AvgIpc) is 2.90. The Morgan fingerprint density at radius 3 is 2.81 bits per heavy atom. The molecule has 0 spiro atoms.